The molecule has 0 fully saturated rings. The number of rotatable bonds is 2. The van der Waals surface area contributed by atoms with E-state index >= 15 is 0 Å². The molecule has 0 unspecified atom stereocenters. The van der Waals surface area contributed by atoms with Crippen molar-refractivity contribution >= 4 is 21.9 Å². The number of carboxylic acids is 1. The molecule has 1 N–H and O–H groups in total. The molecule has 1 heterocycles. The van der Waals surface area contributed by atoms with E-state index in [-0.39, 0.29) is 5.56 Å². The molecule has 1 rings (SSSR count). The zero-order valence-corrected chi connectivity index (χ0v) is 8.13. The van der Waals surface area contributed by atoms with Gasteiger partial charge >= 0.3 is 5.97 Å². The number of hydrogen-bond donors (Lipinski definition) is 1. The molecular weight excluding hydrogens is 222 g/mol. The van der Waals surface area contributed by atoms with Crippen molar-refractivity contribution in [3.8, 4) is 0 Å². The van der Waals surface area contributed by atoms with Crippen LogP contribution in [0.3, 0.4) is 0 Å². The highest BCUT2D eigenvalue weighted by Gasteiger charge is 2.07. The first-order chi connectivity index (χ1) is 5.65. The molecule has 0 aromatic carbocycles. The van der Waals surface area contributed by atoms with Crippen LogP contribution in [0, 0.1) is 6.92 Å². The molecule has 0 saturated heterocycles. The minimum atomic E-state index is -0.930. The molecule has 0 aliphatic rings. The lowest BCUT2D eigenvalue weighted by Gasteiger charge is -2.00. The average molecular weight is 230 g/mol. The van der Waals surface area contributed by atoms with Crippen LogP contribution in [0.1, 0.15) is 21.7 Å². The zero-order chi connectivity index (χ0) is 9.14. The lowest BCUT2D eigenvalue weighted by molar-refractivity contribution is 0.0695. The SMILES string of the molecule is Cc1nc(CBr)ccc1C(=O)O. The number of hydrogen-bond acceptors (Lipinski definition) is 2. The van der Waals surface area contributed by atoms with Crippen LogP contribution in [0.25, 0.3) is 0 Å². The number of alkyl halides is 1. The minimum Gasteiger partial charge on any atom is -0.478 e. The van der Waals surface area contributed by atoms with E-state index in [9.17, 15) is 4.79 Å². The van der Waals surface area contributed by atoms with Crippen molar-refractivity contribution in [3.63, 3.8) is 0 Å². The lowest BCUT2D eigenvalue weighted by Crippen LogP contribution is -2.02. The van der Waals surface area contributed by atoms with Gasteiger partial charge in [0.15, 0.2) is 0 Å². The molecule has 0 radical (unpaired) electrons. The van der Waals surface area contributed by atoms with Crippen molar-refractivity contribution in [2.45, 2.75) is 12.3 Å². The Kier molecular flexibility index (Phi) is 2.81. The van der Waals surface area contributed by atoms with Gasteiger partial charge in [0.1, 0.15) is 0 Å². The number of halogens is 1. The molecule has 0 amide bonds. The lowest BCUT2D eigenvalue weighted by atomic mass is 10.2. The first-order valence-electron chi connectivity index (χ1n) is 3.41. The predicted molar refractivity (Wildman–Crippen MR) is 48.6 cm³/mol. The molecule has 1 aromatic rings. The molecule has 0 bridgehead atoms. The van der Waals surface area contributed by atoms with E-state index in [0.29, 0.717) is 11.0 Å². The number of carbonyl (C=O) groups is 1. The molecule has 0 saturated carbocycles. The summed E-state index contributed by atoms with van der Waals surface area (Å²) in [6.45, 7) is 1.69. The maximum absolute atomic E-state index is 10.6. The third-order valence-electron chi connectivity index (χ3n) is 1.51. The monoisotopic (exact) mass is 229 g/mol. The Hall–Kier alpha value is -0.900. The smallest absolute Gasteiger partial charge is 0.337 e. The summed E-state index contributed by atoms with van der Waals surface area (Å²) >= 11 is 3.24. The summed E-state index contributed by atoms with van der Waals surface area (Å²) in [7, 11) is 0. The molecule has 4 heteroatoms. The quantitative estimate of drug-likeness (QED) is 0.790. The summed E-state index contributed by atoms with van der Waals surface area (Å²) in [4.78, 5) is 14.7. The maximum Gasteiger partial charge on any atom is 0.337 e. The summed E-state index contributed by atoms with van der Waals surface area (Å²) in [5, 5.41) is 9.32. The van der Waals surface area contributed by atoms with Crippen LogP contribution in [-0.4, -0.2) is 16.1 Å². The Morgan fingerprint density at radius 3 is 2.75 bits per heavy atom. The van der Waals surface area contributed by atoms with Gasteiger partial charge in [-0.3, -0.25) is 4.98 Å². The summed E-state index contributed by atoms with van der Waals surface area (Å²) < 4.78 is 0. The van der Waals surface area contributed by atoms with E-state index in [1.54, 1.807) is 19.1 Å². The van der Waals surface area contributed by atoms with Gasteiger partial charge in [0.2, 0.25) is 0 Å². The molecule has 0 aliphatic heterocycles. The number of aromatic carboxylic acids is 1. The molecular formula is C8H8BrNO2. The van der Waals surface area contributed by atoms with E-state index in [1.165, 1.54) is 0 Å². The van der Waals surface area contributed by atoms with Gasteiger partial charge in [-0.25, -0.2) is 4.79 Å². The van der Waals surface area contributed by atoms with Crippen molar-refractivity contribution < 1.29 is 9.90 Å². The molecule has 64 valence electrons. The third-order valence-corrected chi connectivity index (χ3v) is 2.09. The summed E-state index contributed by atoms with van der Waals surface area (Å²) in [6, 6.07) is 3.27. The molecule has 0 aliphatic carbocycles. The molecule has 1 aromatic heterocycles. The Labute approximate surface area is 78.6 Å². The number of aromatic nitrogens is 1. The van der Waals surface area contributed by atoms with E-state index in [4.69, 9.17) is 5.11 Å². The Morgan fingerprint density at radius 1 is 1.67 bits per heavy atom. The van der Waals surface area contributed by atoms with E-state index in [2.05, 4.69) is 20.9 Å². The number of carboxylic acid groups (broad SMARTS) is 1. The second-order valence-corrected chi connectivity index (χ2v) is 2.94. The highest BCUT2D eigenvalue weighted by molar-refractivity contribution is 9.08. The molecule has 3 nitrogen and oxygen atoms in total. The van der Waals surface area contributed by atoms with Crippen molar-refractivity contribution in [2.75, 3.05) is 0 Å². The van der Waals surface area contributed by atoms with Crippen LogP contribution < -0.4 is 0 Å². The van der Waals surface area contributed by atoms with E-state index in [1.807, 2.05) is 0 Å². The van der Waals surface area contributed by atoms with Crippen molar-refractivity contribution in [3.05, 3.63) is 29.1 Å². The Balaban J connectivity index is 3.12. The molecule has 0 spiro atoms. The number of nitrogens with zero attached hydrogens (tertiary/aromatic N) is 1. The van der Waals surface area contributed by atoms with Crippen LogP contribution in [-0.2, 0) is 5.33 Å². The fourth-order valence-electron chi connectivity index (χ4n) is 0.913. The van der Waals surface area contributed by atoms with Gasteiger partial charge in [-0.05, 0) is 19.1 Å². The summed E-state index contributed by atoms with van der Waals surface area (Å²) in [6.07, 6.45) is 0. The van der Waals surface area contributed by atoms with E-state index < -0.39 is 5.97 Å². The fourth-order valence-corrected chi connectivity index (χ4v) is 1.23. The normalized spacial score (nSPS) is 9.83. The van der Waals surface area contributed by atoms with Gasteiger partial charge in [0.05, 0.1) is 17.0 Å². The summed E-state index contributed by atoms with van der Waals surface area (Å²) in [5.74, 6) is -0.930. The predicted octanol–water partition coefficient (Wildman–Crippen LogP) is 1.98. The first-order valence-corrected chi connectivity index (χ1v) is 4.53. The van der Waals surface area contributed by atoms with E-state index in [0.717, 1.165) is 5.69 Å². The van der Waals surface area contributed by atoms with Gasteiger partial charge < -0.3 is 5.11 Å². The van der Waals surface area contributed by atoms with Crippen molar-refractivity contribution in [1.82, 2.24) is 4.98 Å². The standard InChI is InChI=1S/C8H8BrNO2/c1-5-7(8(11)12)3-2-6(4-9)10-5/h2-3H,4H2,1H3,(H,11,12). The minimum absolute atomic E-state index is 0.264. The highest BCUT2D eigenvalue weighted by atomic mass is 79.9. The summed E-state index contributed by atoms with van der Waals surface area (Å²) in [5.41, 5.74) is 1.66. The first kappa shape index (κ1) is 9.19. The highest BCUT2D eigenvalue weighted by Crippen LogP contribution is 2.08. The molecule has 12 heavy (non-hydrogen) atoms. The van der Waals surface area contributed by atoms with Gasteiger partial charge in [0.25, 0.3) is 0 Å². The fraction of sp³-hybridized carbons (Fsp3) is 0.250. The van der Waals surface area contributed by atoms with Gasteiger partial charge in [-0.2, -0.15) is 0 Å². The van der Waals surface area contributed by atoms with Gasteiger partial charge in [-0.15, -0.1) is 0 Å². The van der Waals surface area contributed by atoms with Crippen LogP contribution in [0.5, 0.6) is 0 Å². The van der Waals surface area contributed by atoms with Crippen molar-refractivity contribution in [2.24, 2.45) is 0 Å². The maximum atomic E-state index is 10.6. The average Bonchev–Trinajstić information content (AvgIpc) is 2.03. The van der Waals surface area contributed by atoms with Gasteiger partial charge in [-0.1, -0.05) is 15.9 Å². The van der Waals surface area contributed by atoms with Crippen LogP contribution in [0.15, 0.2) is 12.1 Å². The zero-order valence-electron chi connectivity index (χ0n) is 6.54. The second-order valence-electron chi connectivity index (χ2n) is 2.37. The largest absolute Gasteiger partial charge is 0.478 e. The van der Waals surface area contributed by atoms with Gasteiger partial charge in [0, 0.05) is 5.33 Å². The topological polar surface area (TPSA) is 50.2 Å². The Morgan fingerprint density at radius 2 is 2.33 bits per heavy atom. The number of pyridine rings is 1. The van der Waals surface area contributed by atoms with Crippen LogP contribution in [0.2, 0.25) is 0 Å². The number of aryl methyl sites for hydroxylation is 1. The Bertz CT molecular complexity index is 312. The molecule has 0 atom stereocenters. The van der Waals surface area contributed by atoms with Crippen molar-refractivity contribution in [1.29, 1.82) is 0 Å². The third kappa shape index (κ3) is 1.82. The second kappa shape index (κ2) is 3.67. The van der Waals surface area contributed by atoms with Crippen LogP contribution >= 0.6 is 15.9 Å². The van der Waals surface area contributed by atoms with Crippen LogP contribution in [0.4, 0.5) is 0 Å².